The van der Waals surface area contributed by atoms with Crippen LogP contribution in [0.25, 0.3) is 5.69 Å². The second-order valence-corrected chi connectivity index (χ2v) is 8.76. The first-order valence-electron chi connectivity index (χ1n) is 10.4. The van der Waals surface area contributed by atoms with Gasteiger partial charge in [0.2, 0.25) is 0 Å². The molecule has 1 amide bonds. The second-order valence-electron chi connectivity index (χ2n) is 8.76. The molecule has 1 N–H and O–H groups in total. The molecule has 164 valence electrons. The van der Waals surface area contributed by atoms with Crippen molar-refractivity contribution >= 4 is 11.7 Å². The number of rotatable bonds is 4. The van der Waals surface area contributed by atoms with Crippen LogP contribution in [0.15, 0.2) is 55.0 Å². The Bertz CT molecular complexity index is 1180. The summed E-state index contributed by atoms with van der Waals surface area (Å²) in [4.78, 5) is 20.8. The first kappa shape index (κ1) is 19.3. The Balaban J connectivity index is 1.24. The maximum atomic E-state index is 13.6. The summed E-state index contributed by atoms with van der Waals surface area (Å²) >= 11 is 0. The van der Waals surface area contributed by atoms with E-state index in [4.69, 9.17) is 0 Å². The van der Waals surface area contributed by atoms with Crippen LogP contribution >= 0.6 is 0 Å². The van der Waals surface area contributed by atoms with E-state index in [1.165, 1.54) is 10.9 Å². The quantitative estimate of drug-likeness (QED) is 0.673. The molecule has 4 atom stereocenters. The number of carbonyl (C=O) groups is 1. The number of nitrogens with one attached hydrogen (secondary N) is 1. The molecule has 3 aromatic rings. The minimum absolute atomic E-state index is 0.0114. The van der Waals surface area contributed by atoms with Gasteiger partial charge in [-0.05, 0) is 48.4 Å². The van der Waals surface area contributed by atoms with Gasteiger partial charge in [-0.1, -0.05) is 12.1 Å². The lowest BCUT2D eigenvalue weighted by atomic mass is 9.71. The predicted molar refractivity (Wildman–Crippen MR) is 108 cm³/mol. The number of piperidine rings is 1. The van der Waals surface area contributed by atoms with E-state index in [1.807, 2.05) is 23.1 Å². The van der Waals surface area contributed by atoms with E-state index in [0.29, 0.717) is 29.5 Å². The van der Waals surface area contributed by atoms with Crippen LogP contribution in [-0.2, 0) is 6.18 Å². The molecule has 6 rings (SSSR count). The number of alkyl halides is 3. The zero-order valence-electron chi connectivity index (χ0n) is 16.8. The first-order chi connectivity index (χ1) is 15.4. The number of halogens is 3. The number of hydrogen-bond acceptors (Lipinski definition) is 5. The van der Waals surface area contributed by atoms with Gasteiger partial charge >= 0.3 is 6.18 Å². The molecule has 1 aliphatic heterocycles. The van der Waals surface area contributed by atoms with Crippen molar-refractivity contribution in [2.45, 2.75) is 31.1 Å². The molecule has 2 saturated carbocycles. The fourth-order valence-corrected chi connectivity index (χ4v) is 5.52. The molecule has 0 bridgehead atoms. The summed E-state index contributed by atoms with van der Waals surface area (Å²) in [7, 11) is 0. The molecular weight excluding hydrogens is 421 g/mol. The van der Waals surface area contributed by atoms with Crippen LogP contribution in [0.4, 0.5) is 19.0 Å². The highest BCUT2D eigenvalue weighted by Crippen LogP contribution is 2.71. The molecular formula is C22H19F3N6O. The highest BCUT2D eigenvalue weighted by Gasteiger charge is 2.75. The summed E-state index contributed by atoms with van der Waals surface area (Å²) in [5, 5.41) is 11.6. The van der Waals surface area contributed by atoms with Gasteiger partial charge in [0.05, 0.1) is 35.2 Å². The average molecular weight is 440 g/mol. The zero-order valence-corrected chi connectivity index (χ0v) is 16.8. The van der Waals surface area contributed by atoms with Crippen molar-refractivity contribution < 1.29 is 18.0 Å². The van der Waals surface area contributed by atoms with Gasteiger partial charge < -0.3 is 10.2 Å². The van der Waals surface area contributed by atoms with Crippen LogP contribution in [0, 0.1) is 11.3 Å². The van der Waals surface area contributed by atoms with Crippen molar-refractivity contribution in [1.29, 1.82) is 0 Å². The van der Waals surface area contributed by atoms with E-state index < -0.39 is 11.7 Å². The molecule has 2 aromatic heterocycles. The number of pyridine rings is 1. The summed E-state index contributed by atoms with van der Waals surface area (Å²) in [6.45, 7) is 0.684. The van der Waals surface area contributed by atoms with Crippen LogP contribution in [0.5, 0.6) is 0 Å². The summed E-state index contributed by atoms with van der Waals surface area (Å²) in [5.74, 6) is 0.780. The Morgan fingerprint density at radius 2 is 1.88 bits per heavy atom. The topological polar surface area (TPSA) is 75.9 Å². The van der Waals surface area contributed by atoms with Crippen LogP contribution in [0.2, 0.25) is 0 Å². The molecule has 7 nitrogen and oxygen atoms in total. The van der Waals surface area contributed by atoms with Gasteiger partial charge in [-0.3, -0.25) is 4.79 Å². The molecule has 1 saturated heterocycles. The Morgan fingerprint density at radius 1 is 1.09 bits per heavy atom. The highest BCUT2D eigenvalue weighted by atomic mass is 19.4. The number of para-hydroxylation sites is 1. The third kappa shape index (κ3) is 2.81. The van der Waals surface area contributed by atoms with E-state index >= 15 is 0 Å². The predicted octanol–water partition coefficient (Wildman–Crippen LogP) is 3.40. The summed E-state index contributed by atoms with van der Waals surface area (Å²) < 4.78 is 38.4. The van der Waals surface area contributed by atoms with E-state index in [9.17, 15) is 18.0 Å². The van der Waals surface area contributed by atoms with Crippen molar-refractivity contribution in [3.8, 4) is 5.69 Å². The minimum atomic E-state index is -4.42. The number of amides is 1. The molecule has 1 aromatic carbocycles. The number of likely N-dealkylation sites (tertiary alicyclic amines) is 1. The van der Waals surface area contributed by atoms with Gasteiger partial charge in [-0.25, -0.2) is 4.98 Å². The van der Waals surface area contributed by atoms with E-state index in [1.54, 1.807) is 18.5 Å². The standard InChI is InChI=1S/C22H19F3N6O/c23-22(24,25)13-5-6-18(26-11-13)29-16-10-21-9-14(21)12-30(19(16)21)20(32)15-3-1-2-4-17(15)31-27-7-8-28-31/h1-8,11,14,16,19H,9-10,12H2,(H,26,29). The summed E-state index contributed by atoms with van der Waals surface area (Å²) in [5.41, 5.74) is 0.485. The Morgan fingerprint density at radius 3 is 2.59 bits per heavy atom. The molecule has 3 aliphatic rings. The number of carbonyl (C=O) groups excluding carboxylic acids is 1. The third-order valence-corrected chi connectivity index (χ3v) is 7.06. The molecule has 3 heterocycles. The SMILES string of the molecule is O=C(c1ccccc1-n1nccn1)N1CC2CC23CC(Nc2ccc(C(F)(F)F)cn2)C13. The number of anilines is 1. The lowest BCUT2D eigenvalue weighted by Crippen LogP contribution is -2.60. The number of nitrogens with zero attached hydrogens (tertiary/aromatic N) is 5. The average Bonchev–Trinajstić information content (AvgIpc) is 3.14. The summed E-state index contributed by atoms with van der Waals surface area (Å²) in [6, 6.07) is 9.54. The van der Waals surface area contributed by atoms with E-state index in [0.717, 1.165) is 25.1 Å². The Kier molecular flexibility index (Phi) is 3.94. The van der Waals surface area contributed by atoms with Crippen molar-refractivity contribution in [2.24, 2.45) is 11.3 Å². The Hall–Kier alpha value is -3.43. The second kappa shape index (κ2) is 6.54. The normalized spacial score (nSPS) is 28.0. The van der Waals surface area contributed by atoms with Gasteiger partial charge in [-0.15, -0.1) is 0 Å². The molecule has 0 radical (unpaired) electrons. The zero-order chi connectivity index (χ0) is 22.1. The fourth-order valence-electron chi connectivity index (χ4n) is 5.52. The van der Waals surface area contributed by atoms with E-state index in [-0.39, 0.29) is 23.4 Å². The molecule has 3 fully saturated rings. The van der Waals surface area contributed by atoms with Gasteiger partial charge in [0, 0.05) is 18.8 Å². The van der Waals surface area contributed by atoms with Crippen LogP contribution in [-0.4, -0.2) is 49.4 Å². The van der Waals surface area contributed by atoms with Gasteiger partial charge in [0.1, 0.15) is 5.82 Å². The van der Waals surface area contributed by atoms with Crippen molar-refractivity contribution in [1.82, 2.24) is 24.9 Å². The highest BCUT2D eigenvalue weighted by molar-refractivity contribution is 5.98. The maximum absolute atomic E-state index is 13.6. The first-order valence-corrected chi connectivity index (χ1v) is 10.4. The minimum Gasteiger partial charge on any atom is -0.365 e. The monoisotopic (exact) mass is 440 g/mol. The summed E-state index contributed by atoms with van der Waals surface area (Å²) in [6.07, 6.45) is 1.51. The van der Waals surface area contributed by atoms with Crippen LogP contribution in [0.1, 0.15) is 28.8 Å². The number of hydrogen-bond donors (Lipinski definition) is 1. The molecule has 1 spiro atoms. The van der Waals surface area contributed by atoms with Crippen LogP contribution < -0.4 is 5.32 Å². The molecule has 4 unspecified atom stereocenters. The fraction of sp³-hybridized carbons (Fsp3) is 0.364. The lowest BCUT2D eigenvalue weighted by molar-refractivity contribution is -0.137. The number of aromatic nitrogens is 4. The van der Waals surface area contributed by atoms with Crippen LogP contribution in [0.3, 0.4) is 0 Å². The van der Waals surface area contributed by atoms with E-state index in [2.05, 4.69) is 20.5 Å². The van der Waals surface area contributed by atoms with Gasteiger partial charge in [0.25, 0.3) is 5.91 Å². The Labute approximate surface area is 181 Å². The number of benzene rings is 1. The molecule has 2 aliphatic carbocycles. The van der Waals surface area contributed by atoms with Crippen molar-refractivity contribution in [2.75, 3.05) is 11.9 Å². The maximum Gasteiger partial charge on any atom is 0.417 e. The smallest absolute Gasteiger partial charge is 0.365 e. The van der Waals surface area contributed by atoms with Crippen molar-refractivity contribution in [3.05, 3.63) is 66.1 Å². The third-order valence-electron chi connectivity index (χ3n) is 7.06. The molecule has 10 heteroatoms. The largest absolute Gasteiger partial charge is 0.417 e. The molecule has 32 heavy (non-hydrogen) atoms. The lowest BCUT2D eigenvalue weighted by Gasteiger charge is -2.48. The van der Waals surface area contributed by atoms with Gasteiger partial charge in [0.15, 0.2) is 0 Å². The van der Waals surface area contributed by atoms with Gasteiger partial charge in [-0.2, -0.15) is 28.2 Å². The van der Waals surface area contributed by atoms with Crippen molar-refractivity contribution in [3.63, 3.8) is 0 Å².